The minimum absolute atomic E-state index is 0.547. The molecule has 0 spiro atoms. The van der Waals surface area contributed by atoms with E-state index in [2.05, 4.69) is 45.7 Å². The normalized spacial score (nSPS) is 11.1. The van der Waals surface area contributed by atoms with E-state index in [1.807, 2.05) is 12.1 Å². The Kier molecular flexibility index (Phi) is 8.77. The zero-order valence-electron chi connectivity index (χ0n) is 12.1. The van der Waals surface area contributed by atoms with Crippen molar-refractivity contribution in [2.24, 2.45) is 11.7 Å². The van der Waals surface area contributed by atoms with Crippen LogP contribution in [0.25, 0.3) is 0 Å². The van der Waals surface area contributed by atoms with Crippen LogP contribution in [0.5, 0.6) is 5.75 Å². The molecule has 0 bridgehead atoms. The average molecular weight is 409 g/mol. The molecule has 0 aromatic heterocycles. The van der Waals surface area contributed by atoms with Gasteiger partial charge in [-0.3, -0.25) is 0 Å². The van der Waals surface area contributed by atoms with Crippen molar-refractivity contribution >= 4 is 31.9 Å². The molecule has 1 rings (SSSR count). The highest BCUT2D eigenvalue weighted by Gasteiger charge is 2.08. The molecule has 0 fully saturated rings. The van der Waals surface area contributed by atoms with Crippen LogP contribution in [-0.2, 0) is 11.2 Å². The van der Waals surface area contributed by atoms with Crippen LogP contribution in [0, 0.1) is 5.92 Å². The second-order valence-electron chi connectivity index (χ2n) is 5.07. The molecule has 0 aliphatic heterocycles. The fourth-order valence-electron chi connectivity index (χ4n) is 1.69. The maximum absolute atomic E-state index is 5.76. The molecule has 0 heterocycles. The Morgan fingerprint density at radius 2 is 1.75 bits per heavy atom. The molecule has 0 unspecified atom stereocenters. The first-order chi connectivity index (χ1) is 9.54. The van der Waals surface area contributed by atoms with Crippen LogP contribution in [0.3, 0.4) is 0 Å². The molecular weight excluding hydrogens is 386 g/mol. The minimum Gasteiger partial charge on any atom is -0.489 e. The summed E-state index contributed by atoms with van der Waals surface area (Å²) < 4.78 is 13.2. The maximum Gasteiger partial charge on any atom is 0.147 e. The van der Waals surface area contributed by atoms with Crippen molar-refractivity contribution in [3.63, 3.8) is 0 Å². The van der Waals surface area contributed by atoms with Gasteiger partial charge >= 0.3 is 0 Å². The second kappa shape index (κ2) is 9.77. The number of benzene rings is 1. The highest BCUT2D eigenvalue weighted by molar-refractivity contribution is 9.11. The summed E-state index contributed by atoms with van der Waals surface area (Å²) in [6, 6.07) is 4.10. The summed E-state index contributed by atoms with van der Waals surface area (Å²) in [5.74, 6) is 1.49. The number of halogens is 2. The molecular formula is C15H23Br2NO2. The van der Waals surface area contributed by atoms with Gasteiger partial charge in [0.25, 0.3) is 0 Å². The van der Waals surface area contributed by atoms with Crippen molar-refractivity contribution in [2.45, 2.75) is 26.7 Å². The van der Waals surface area contributed by atoms with Gasteiger partial charge in [-0.05, 0) is 74.9 Å². The van der Waals surface area contributed by atoms with Gasteiger partial charge in [0.1, 0.15) is 12.4 Å². The molecule has 2 N–H and O–H groups in total. The van der Waals surface area contributed by atoms with E-state index < -0.39 is 0 Å². The molecule has 3 nitrogen and oxygen atoms in total. The lowest BCUT2D eigenvalue weighted by atomic mass is 10.1. The van der Waals surface area contributed by atoms with Gasteiger partial charge in [-0.25, -0.2) is 0 Å². The van der Waals surface area contributed by atoms with Crippen LogP contribution < -0.4 is 10.5 Å². The van der Waals surface area contributed by atoms with E-state index in [9.17, 15) is 0 Å². The minimum atomic E-state index is 0.547. The summed E-state index contributed by atoms with van der Waals surface area (Å²) in [5.41, 5.74) is 6.76. The molecule has 0 radical (unpaired) electrons. The predicted molar refractivity (Wildman–Crippen MR) is 90.4 cm³/mol. The summed E-state index contributed by atoms with van der Waals surface area (Å²) >= 11 is 7.07. The maximum atomic E-state index is 5.76. The Morgan fingerprint density at radius 3 is 2.30 bits per heavy atom. The van der Waals surface area contributed by atoms with Crippen LogP contribution in [0.15, 0.2) is 21.1 Å². The van der Waals surface area contributed by atoms with E-state index in [1.165, 1.54) is 5.56 Å². The molecule has 0 amide bonds. The second-order valence-corrected chi connectivity index (χ2v) is 6.78. The molecule has 0 saturated carbocycles. The summed E-state index contributed by atoms with van der Waals surface area (Å²) in [6.07, 6.45) is 1.94. The largest absolute Gasteiger partial charge is 0.489 e. The van der Waals surface area contributed by atoms with Gasteiger partial charge in [-0.1, -0.05) is 13.8 Å². The summed E-state index contributed by atoms with van der Waals surface area (Å²) in [4.78, 5) is 0. The van der Waals surface area contributed by atoms with Gasteiger partial charge in [-0.15, -0.1) is 0 Å². The standard InChI is InChI=1S/C15H23Br2NO2/c1-11(2)4-6-19-7-8-20-15-13(16)9-12(3-5-18)10-14(15)17/h9-11H,3-8,18H2,1-2H3. The Hall–Kier alpha value is -0.100. The first-order valence-electron chi connectivity index (χ1n) is 6.93. The van der Waals surface area contributed by atoms with Crippen LogP contribution in [0.2, 0.25) is 0 Å². The Morgan fingerprint density at radius 1 is 1.10 bits per heavy atom. The number of hydrogen-bond donors (Lipinski definition) is 1. The molecule has 1 aromatic carbocycles. The molecule has 0 aliphatic rings. The van der Waals surface area contributed by atoms with Crippen molar-refractivity contribution in [1.29, 1.82) is 0 Å². The monoisotopic (exact) mass is 407 g/mol. The fraction of sp³-hybridized carbons (Fsp3) is 0.600. The van der Waals surface area contributed by atoms with Crippen molar-refractivity contribution < 1.29 is 9.47 Å². The van der Waals surface area contributed by atoms with Crippen LogP contribution in [-0.4, -0.2) is 26.4 Å². The lowest BCUT2D eigenvalue weighted by molar-refractivity contribution is 0.0921. The van der Waals surface area contributed by atoms with E-state index in [0.29, 0.717) is 25.7 Å². The number of ether oxygens (including phenoxy) is 2. The summed E-state index contributed by atoms with van der Waals surface area (Å²) in [7, 11) is 0. The molecule has 0 saturated heterocycles. The first kappa shape index (κ1) is 18.0. The lowest BCUT2D eigenvalue weighted by Crippen LogP contribution is -2.09. The highest BCUT2D eigenvalue weighted by Crippen LogP contribution is 2.34. The van der Waals surface area contributed by atoms with Crippen molar-refractivity contribution in [3.05, 3.63) is 26.6 Å². The summed E-state index contributed by atoms with van der Waals surface area (Å²) in [5, 5.41) is 0. The molecule has 114 valence electrons. The van der Waals surface area contributed by atoms with E-state index in [4.69, 9.17) is 15.2 Å². The first-order valence-corrected chi connectivity index (χ1v) is 8.51. The zero-order chi connectivity index (χ0) is 15.0. The van der Waals surface area contributed by atoms with Crippen LogP contribution >= 0.6 is 31.9 Å². The van der Waals surface area contributed by atoms with Crippen molar-refractivity contribution in [1.82, 2.24) is 0 Å². The molecule has 5 heteroatoms. The van der Waals surface area contributed by atoms with Crippen molar-refractivity contribution in [3.8, 4) is 5.75 Å². The molecule has 0 aliphatic carbocycles. The third kappa shape index (κ3) is 6.57. The third-order valence-corrected chi connectivity index (χ3v) is 3.98. The van der Waals surface area contributed by atoms with Gasteiger partial charge in [0, 0.05) is 6.61 Å². The molecule has 20 heavy (non-hydrogen) atoms. The SMILES string of the molecule is CC(C)CCOCCOc1c(Br)cc(CCN)cc1Br. The predicted octanol–water partition coefficient (Wildman–Crippen LogP) is 4.15. The zero-order valence-corrected chi connectivity index (χ0v) is 15.3. The van der Waals surface area contributed by atoms with E-state index >= 15 is 0 Å². The van der Waals surface area contributed by atoms with E-state index in [1.54, 1.807) is 0 Å². The molecule has 1 aromatic rings. The average Bonchev–Trinajstić information content (AvgIpc) is 2.36. The van der Waals surface area contributed by atoms with Gasteiger partial charge in [0.15, 0.2) is 0 Å². The number of nitrogens with two attached hydrogens (primary N) is 1. The smallest absolute Gasteiger partial charge is 0.147 e. The Balaban J connectivity index is 2.40. The Labute approximate surface area is 138 Å². The summed E-state index contributed by atoms with van der Waals surface area (Å²) in [6.45, 7) is 6.97. The quantitative estimate of drug-likeness (QED) is 0.624. The lowest BCUT2D eigenvalue weighted by Gasteiger charge is -2.12. The van der Waals surface area contributed by atoms with Gasteiger partial charge < -0.3 is 15.2 Å². The number of hydrogen-bond acceptors (Lipinski definition) is 3. The van der Waals surface area contributed by atoms with Crippen LogP contribution in [0.1, 0.15) is 25.8 Å². The van der Waals surface area contributed by atoms with Crippen LogP contribution in [0.4, 0.5) is 0 Å². The van der Waals surface area contributed by atoms with E-state index in [0.717, 1.165) is 34.1 Å². The van der Waals surface area contributed by atoms with Gasteiger partial charge in [0.05, 0.1) is 15.6 Å². The topological polar surface area (TPSA) is 44.5 Å². The highest BCUT2D eigenvalue weighted by atomic mass is 79.9. The van der Waals surface area contributed by atoms with Gasteiger partial charge in [0.2, 0.25) is 0 Å². The van der Waals surface area contributed by atoms with Crippen molar-refractivity contribution in [2.75, 3.05) is 26.4 Å². The molecule has 0 atom stereocenters. The number of rotatable bonds is 9. The van der Waals surface area contributed by atoms with E-state index in [-0.39, 0.29) is 0 Å². The van der Waals surface area contributed by atoms with Gasteiger partial charge in [-0.2, -0.15) is 0 Å². The fourth-order valence-corrected chi connectivity index (χ4v) is 3.20. The third-order valence-electron chi connectivity index (χ3n) is 2.80. The Bertz CT molecular complexity index is 388.